The summed E-state index contributed by atoms with van der Waals surface area (Å²) in [5.74, 6) is 0.177. The molecule has 1 aliphatic heterocycles. The van der Waals surface area contributed by atoms with Gasteiger partial charge >= 0.3 is 0 Å². The Hall–Kier alpha value is -1.35. The monoisotopic (exact) mass is 262 g/mol. The number of carbonyl (C=O) groups is 1. The molecule has 1 heterocycles. The van der Waals surface area contributed by atoms with E-state index < -0.39 is 5.41 Å². The summed E-state index contributed by atoms with van der Waals surface area (Å²) in [6, 6.07) is 0.361. The van der Waals surface area contributed by atoms with Crippen LogP contribution in [0.25, 0.3) is 0 Å². The summed E-state index contributed by atoms with van der Waals surface area (Å²) < 4.78 is 0. The second-order valence-corrected chi connectivity index (χ2v) is 5.58. The Morgan fingerprint density at radius 2 is 2.16 bits per heavy atom. The number of nitrogens with one attached hydrogen (secondary N) is 1. The van der Waals surface area contributed by atoms with Crippen LogP contribution in [0.15, 0.2) is 36.5 Å². The van der Waals surface area contributed by atoms with Gasteiger partial charge in [-0.05, 0) is 33.3 Å². The van der Waals surface area contributed by atoms with E-state index in [1.165, 1.54) is 0 Å². The molecular weight excluding hydrogens is 236 g/mol. The molecule has 0 spiro atoms. The Morgan fingerprint density at radius 1 is 1.47 bits per heavy atom. The second-order valence-electron chi connectivity index (χ2n) is 5.58. The van der Waals surface area contributed by atoms with Gasteiger partial charge in [0.25, 0.3) is 0 Å². The second kappa shape index (κ2) is 6.71. The van der Waals surface area contributed by atoms with Crippen molar-refractivity contribution in [3.8, 4) is 0 Å². The summed E-state index contributed by atoms with van der Waals surface area (Å²) in [7, 11) is 0. The third kappa shape index (κ3) is 3.80. The standard InChI is InChI=1S/C16H26N2O/c1-6-8-9-14(7-2)16(4,5)15(19)18-11-10-17-13(3)12-18/h6-9,13,17H,2,10-12H2,1,3-5H3/b8-6-,14-9+/t13-/m0/s1. The van der Waals surface area contributed by atoms with Crippen molar-refractivity contribution in [1.82, 2.24) is 10.2 Å². The highest BCUT2D eigenvalue weighted by atomic mass is 16.2. The molecule has 0 aliphatic carbocycles. The van der Waals surface area contributed by atoms with Gasteiger partial charge in [-0.2, -0.15) is 0 Å². The highest BCUT2D eigenvalue weighted by Gasteiger charge is 2.35. The van der Waals surface area contributed by atoms with Gasteiger partial charge in [0.1, 0.15) is 0 Å². The lowest BCUT2D eigenvalue weighted by Crippen LogP contribution is -2.54. The summed E-state index contributed by atoms with van der Waals surface area (Å²) >= 11 is 0. The van der Waals surface area contributed by atoms with E-state index in [1.54, 1.807) is 6.08 Å². The highest BCUT2D eigenvalue weighted by Crippen LogP contribution is 2.30. The zero-order valence-electron chi connectivity index (χ0n) is 12.6. The molecule has 0 radical (unpaired) electrons. The van der Waals surface area contributed by atoms with Crippen LogP contribution in [0.1, 0.15) is 27.7 Å². The van der Waals surface area contributed by atoms with Crippen molar-refractivity contribution in [3.63, 3.8) is 0 Å². The zero-order chi connectivity index (χ0) is 14.5. The van der Waals surface area contributed by atoms with E-state index in [0.717, 1.165) is 25.2 Å². The van der Waals surface area contributed by atoms with Crippen molar-refractivity contribution in [1.29, 1.82) is 0 Å². The van der Waals surface area contributed by atoms with Crippen LogP contribution in [0.3, 0.4) is 0 Å². The molecule has 1 atom stereocenters. The molecule has 3 heteroatoms. The number of hydrogen-bond acceptors (Lipinski definition) is 2. The first-order chi connectivity index (χ1) is 8.93. The normalized spacial score (nSPS) is 21.8. The third-order valence-corrected chi connectivity index (χ3v) is 3.60. The molecular formula is C16H26N2O. The Morgan fingerprint density at radius 3 is 2.68 bits per heavy atom. The summed E-state index contributed by atoms with van der Waals surface area (Å²) in [4.78, 5) is 14.7. The predicted octanol–water partition coefficient (Wildman–Crippen LogP) is 2.52. The first-order valence-corrected chi connectivity index (χ1v) is 6.92. The minimum absolute atomic E-state index is 0.177. The van der Waals surface area contributed by atoms with Crippen LogP contribution in [-0.4, -0.2) is 36.5 Å². The van der Waals surface area contributed by atoms with Crippen molar-refractivity contribution in [2.24, 2.45) is 5.41 Å². The average molecular weight is 262 g/mol. The topological polar surface area (TPSA) is 32.3 Å². The molecule has 1 fully saturated rings. The van der Waals surface area contributed by atoms with Crippen LogP contribution >= 0.6 is 0 Å². The number of piperazine rings is 1. The van der Waals surface area contributed by atoms with Crippen LogP contribution in [0.2, 0.25) is 0 Å². The van der Waals surface area contributed by atoms with Crippen molar-refractivity contribution in [3.05, 3.63) is 36.5 Å². The van der Waals surface area contributed by atoms with Crippen molar-refractivity contribution in [2.45, 2.75) is 33.7 Å². The number of carbonyl (C=O) groups excluding carboxylic acids is 1. The van der Waals surface area contributed by atoms with Gasteiger partial charge in [0.05, 0.1) is 5.41 Å². The van der Waals surface area contributed by atoms with E-state index in [0.29, 0.717) is 6.04 Å². The minimum atomic E-state index is -0.529. The van der Waals surface area contributed by atoms with E-state index in [2.05, 4.69) is 18.8 Å². The summed E-state index contributed by atoms with van der Waals surface area (Å²) in [6.45, 7) is 14.3. The van der Waals surface area contributed by atoms with E-state index in [9.17, 15) is 4.79 Å². The molecule has 1 rings (SSSR count). The highest BCUT2D eigenvalue weighted by molar-refractivity contribution is 5.86. The Balaban J connectivity index is 2.91. The lowest BCUT2D eigenvalue weighted by molar-refractivity contribution is -0.139. The minimum Gasteiger partial charge on any atom is -0.339 e. The van der Waals surface area contributed by atoms with Gasteiger partial charge in [-0.1, -0.05) is 30.9 Å². The quantitative estimate of drug-likeness (QED) is 0.790. The first-order valence-electron chi connectivity index (χ1n) is 6.92. The number of amides is 1. The summed E-state index contributed by atoms with van der Waals surface area (Å²) in [5, 5.41) is 3.36. The number of nitrogens with zero attached hydrogens (tertiary/aromatic N) is 1. The fourth-order valence-corrected chi connectivity index (χ4v) is 2.37. The van der Waals surface area contributed by atoms with Crippen LogP contribution in [0, 0.1) is 5.41 Å². The third-order valence-electron chi connectivity index (χ3n) is 3.60. The van der Waals surface area contributed by atoms with Gasteiger partial charge < -0.3 is 10.2 Å². The van der Waals surface area contributed by atoms with Gasteiger partial charge in [0.15, 0.2) is 0 Å². The lowest BCUT2D eigenvalue weighted by atomic mass is 9.82. The summed E-state index contributed by atoms with van der Waals surface area (Å²) in [6.07, 6.45) is 7.66. The molecule has 0 unspecified atom stereocenters. The fourth-order valence-electron chi connectivity index (χ4n) is 2.37. The number of hydrogen-bond donors (Lipinski definition) is 1. The average Bonchev–Trinajstić information content (AvgIpc) is 2.38. The van der Waals surface area contributed by atoms with E-state index in [-0.39, 0.29) is 5.91 Å². The van der Waals surface area contributed by atoms with Gasteiger partial charge in [0, 0.05) is 25.7 Å². The van der Waals surface area contributed by atoms with Crippen LogP contribution in [0.5, 0.6) is 0 Å². The molecule has 0 aromatic heterocycles. The maximum Gasteiger partial charge on any atom is 0.232 e. The maximum atomic E-state index is 12.7. The smallest absolute Gasteiger partial charge is 0.232 e. The SMILES string of the molecule is C=C/C(=C\C=C/C)C(C)(C)C(=O)N1CCN[C@@H](C)C1. The molecule has 106 valence electrons. The van der Waals surface area contributed by atoms with E-state index in [4.69, 9.17) is 0 Å². The summed E-state index contributed by atoms with van der Waals surface area (Å²) in [5.41, 5.74) is 0.431. The molecule has 0 bridgehead atoms. The molecule has 1 saturated heterocycles. The number of rotatable bonds is 4. The van der Waals surface area contributed by atoms with Gasteiger partial charge in [-0.25, -0.2) is 0 Å². The Kier molecular flexibility index (Phi) is 5.55. The Labute approximate surface area is 117 Å². The van der Waals surface area contributed by atoms with E-state index >= 15 is 0 Å². The largest absolute Gasteiger partial charge is 0.339 e. The van der Waals surface area contributed by atoms with Crippen molar-refractivity contribution < 1.29 is 4.79 Å². The molecule has 1 N–H and O–H groups in total. The Bertz CT molecular complexity index is 394. The fraction of sp³-hybridized carbons (Fsp3) is 0.562. The van der Waals surface area contributed by atoms with Gasteiger partial charge in [-0.3, -0.25) is 4.79 Å². The molecule has 1 amide bonds. The van der Waals surface area contributed by atoms with Crippen molar-refractivity contribution in [2.75, 3.05) is 19.6 Å². The molecule has 19 heavy (non-hydrogen) atoms. The molecule has 0 aromatic rings. The molecule has 0 aromatic carbocycles. The van der Waals surface area contributed by atoms with E-state index in [1.807, 2.05) is 43.9 Å². The van der Waals surface area contributed by atoms with Crippen LogP contribution in [-0.2, 0) is 4.79 Å². The number of allylic oxidation sites excluding steroid dienone is 4. The maximum absolute atomic E-state index is 12.7. The predicted molar refractivity (Wildman–Crippen MR) is 80.9 cm³/mol. The lowest BCUT2D eigenvalue weighted by Gasteiger charge is -2.37. The van der Waals surface area contributed by atoms with Gasteiger partial charge in [0.2, 0.25) is 5.91 Å². The van der Waals surface area contributed by atoms with Crippen LogP contribution in [0.4, 0.5) is 0 Å². The van der Waals surface area contributed by atoms with Crippen molar-refractivity contribution >= 4 is 5.91 Å². The van der Waals surface area contributed by atoms with Crippen LogP contribution < -0.4 is 5.32 Å². The zero-order valence-corrected chi connectivity index (χ0v) is 12.6. The van der Waals surface area contributed by atoms with Gasteiger partial charge in [-0.15, -0.1) is 0 Å². The molecule has 1 aliphatic rings. The molecule has 3 nitrogen and oxygen atoms in total. The molecule has 0 saturated carbocycles. The first kappa shape index (κ1) is 15.7.